The van der Waals surface area contributed by atoms with Crippen LogP contribution in [0.15, 0.2) is 47.9 Å². The Hall–Kier alpha value is -1.22. The van der Waals surface area contributed by atoms with Crippen LogP contribution in [0.3, 0.4) is 0 Å². The Bertz CT molecular complexity index is 526. The Kier molecular flexibility index (Phi) is 7.41. The molecule has 0 radical (unpaired) electrons. The van der Waals surface area contributed by atoms with E-state index < -0.39 is 0 Å². The zero-order valence-electron chi connectivity index (χ0n) is 15.1. The van der Waals surface area contributed by atoms with E-state index in [1.807, 2.05) is 36.4 Å². The van der Waals surface area contributed by atoms with E-state index in [0.717, 1.165) is 17.7 Å². The van der Waals surface area contributed by atoms with Crippen LogP contribution < -0.4 is 0 Å². The molecule has 0 amide bonds. The van der Waals surface area contributed by atoms with Crippen LogP contribution in [0.5, 0.6) is 0 Å². The number of allylic oxidation sites excluding steroid dienone is 1. The molecule has 2 rings (SSSR count). The summed E-state index contributed by atoms with van der Waals surface area (Å²) in [6.45, 7) is 10.5. The van der Waals surface area contributed by atoms with Crippen molar-refractivity contribution in [2.75, 3.05) is 0 Å². The van der Waals surface area contributed by atoms with E-state index in [0.29, 0.717) is 24.2 Å². The predicted octanol–water partition coefficient (Wildman–Crippen LogP) is 5.73. The Morgan fingerprint density at radius 1 is 1.33 bits per heavy atom. The monoisotopic (exact) mass is 346 g/mol. The summed E-state index contributed by atoms with van der Waals surface area (Å²) >= 11 is 1.57. The third-order valence-electron chi connectivity index (χ3n) is 4.89. The van der Waals surface area contributed by atoms with Gasteiger partial charge in [-0.3, -0.25) is 4.79 Å². The van der Waals surface area contributed by atoms with Crippen molar-refractivity contribution >= 4 is 17.7 Å². The van der Waals surface area contributed by atoms with Crippen molar-refractivity contribution in [3.05, 3.63) is 43.0 Å². The smallest absolute Gasteiger partial charge is 0.320 e. The first kappa shape index (κ1) is 19.1. The van der Waals surface area contributed by atoms with Gasteiger partial charge in [-0.15, -0.1) is 18.3 Å². The van der Waals surface area contributed by atoms with Crippen LogP contribution in [-0.4, -0.2) is 17.3 Å². The number of carbonyl (C=O) groups is 1. The average Bonchev–Trinajstić information content (AvgIpc) is 2.55. The van der Waals surface area contributed by atoms with Gasteiger partial charge in [-0.05, 0) is 49.1 Å². The fourth-order valence-corrected chi connectivity index (χ4v) is 4.51. The first-order chi connectivity index (χ1) is 11.5. The van der Waals surface area contributed by atoms with Crippen LogP contribution in [0, 0.1) is 17.8 Å². The molecule has 0 bridgehead atoms. The molecule has 1 aromatic rings. The lowest BCUT2D eigenvalue weighted by Gasteiger charge is -2.37. The molecular weight excluding hydrogens is 316 g/mol. The van der Waals surface area contributed by atoms with Crippen LogP contribution in [0.25, 0.3) is 0 Å². The van der Waals surface area contributed by atoms with E-state index in [4.69, 9.17) is 4.74 Å². The maximum Gasteiger partial charge on any atom is 0.320 e. The SMILES string of the molecule is C=CCC(Sc1ccccc1)C(=O)O[C@@H]1C[C@H](C)CC[C@H]1C(C)C. The van der Waals surface area contributed by atoms with Gasteiger partial charge < -0.3 is 4.74 Å². The quantitative estimate of drug-likeness (QED) is 0.358. The van der Waals surface area contributed by atoms with Crippen LogP contribution >= 0.6 is 11.8 Å². The minimum Gasteiger partial charge on any atom is -0.461 e. The first-order valence-electron chi connectivity index (χ1n) is 9.04. The molecule has 1 aliphatic rings. The van der Waals surface area contributed by atoms with E-state index >= 15 is 0 Å². The van der Waals surface area contributed by atoms with Crippen LogP contribution in [0.1, 0.15) is 46.5 Å². The van der Waals surface area contributed by atoms with Crippen LogP contribution in [0.2, 0.25) is 0 Å². The molecule has 0 heterocycles. The van der Waals surface area contributed by atoms with E-state index in [1.54, 1.807) is 11.8 Å². The van der Waals surface area contributed by atoms with E-state index in [2.05, 4.69) is 27.4 Å². The Labute approximate surface area is 151 Å². The van der Waals surface area contributed by atoms with E-state index in [1.165, 1.54) is 6.42 Å². The maximum absolute atomic E-state index is 12.8. The van der Waals surface area contributed by atoms with Crippen molar-refractivity contribution in [1.29, 1.82) is 0 Å². The highest BCUT2D eigenvalue weighted by atomic mass is 32.2. The van der Waals surface area contributed by atoms with Gasteiger partial charge in [-0.2, -0.15) is 0 Å². The Balaban J connectivity index is 2.04. The number of ether oxygens (including phenoxy) is 1. The predicted molar refractivity (Wildman–Crippen MR) is 102 cm³/mol. The van der Waals surface area contributed by atoms with E-state index in [9.17, 15) is 4.79 Å². The van der Waals surface area contributed by atoms with Gasteiger partial charge in [0.25, 0.3) is 0 Å². The molecule has 0 spiro atoms. The van der Waals surface area contributed by atoms with E-state index in [-0.39, 0.29) is 17.3 Å². The van der Waals surface area contributed by atoms with Crippen molar-refractivity contribution in [1.82, 2.24) is 0 Å². The summed E-state index contributed by atoms with van der Waals surface area (Å²) < 4.78 is 6.02. The molecule has 0 N–H and O–H groups in total. The van der Waals surface area contributed by atoms with Gasteiger partial charge in [0.1, 0.15) is 11.4 Å². The number of hydrogen-bond acceptors (Lipinski definition) is 3. The normalized spacial score (nSPS) is 25.2. The lowest BCUT2D eigenvalue weighted by Crippen LogP contribution is -2.37. The van der Waals surface area contributed by atoms with Crippen molar-refractivity contribution < 1.29 is 9.53 Å². The van der Waals surface area contributed by atoms with Gasteiger partial charge in [0.15, 0.2) is 0 Å². The number of thioether (sulfide) groups is 1. The summed E-state index contributed by atoms with van der Waals surface area (Å²) in [5.41, 5.74) is 0. The summed E-state index contributed by atoms with van der Waals surface area (Å²) in [4.78, 5) is 13.9. The topological polar surface area (TPSA) is 26.3 Å². The molecular formula is C21H30O2S. The van der Waals surface area contributed by atoms with Gasteiger partial charge in [0, 0.05) is 4.90 Å². The first-order valence-corrected chi connectivity index (χ1v) is 9.92. The van der Waals surface area contributed by atoms with Crippen LogP contribution in [-0.2, 0) is 9.53 Å². The lowest BCUT2D eigenvalue weighted by atomic mass is 9.75. The minimum absolute atomic E-state index is 0.0601. The summed E-state index contributed by atoms with van der Waals surface area (Å²) in [5.74, 6) is 1.58. The molecule has 0 aliphatic heterocycles. The minimum atomic E-state index is -0.213. The average molecular weight is 347 g/mol. The molecule has 24 heavy (non-hydrogen) atoms. The lowest BCUT2D eigenvalue weighted by molar-refractivity contribution is -0.155. The highest BCUT2D eigenvalue weighted by Crippen LogP contribution is 2.36. The van der Waals surface area contributed by atoms with Gasteiger partial charge in [-0.25, -0.2) is 0 Å². The number of carbonyl (C=O) groups excluding carboxylic acids is 1. The number of hydrogen-bond donors (Lipinski definition) is 0. The van der Waals surface area contributed by atoms with Crippen molar-refractivity contribution in [2.45, 2.75) is 62.7 Å². The zero-order valence-corrected chi connectivity index (χ0v) is 15.9. The standard InChI is InChI=1S/C21H30O2S/c1-5-9-20(24-17-10-7-6-8-11-17)21(22)23-19-14-16(4)12-13-18(19)15(2)3/h5-8,10-11,15-16,18-20H,1,9,12-14H2,2-4H3/t16-,18+,19-,20?/m1/s1. The highest BCUT2D eigenvalue weighted by Gasteiger charge is 2.34. The fourth-order valence-electron chi connectivity index (χ4n) is 3.48. The summed E-state index contributed by atoms with van der Waals surface area (Å²) in [6, 6.07) is 10.1. The molecule has 1 fully saturated rings. The highest BCUT2D eigenvalue weighted by molar-refractivity contribution is 8.00. The van der Waals surface area contributed by atoms with Gasteiger partial charge in [0.05, 0.1) is 0 Å². The Morgan fingerprint density at radius 3 is 2.67 bits per heavy atom. The molecule has 2 nitrogen and oxygen atoms in total. The number of esters is 1. The number of benzene rings is 1. The molecule has 0 saturated heterocycles. The largest absolute Gasteiger partial charge is 0.461 e. The summed E-state index contributed by atoms with van der Waals surface area (Å²) in [6.07, 6.45) is 5.90. The summed E-state index contributed by atoms with van der Waals surface area (Å²) in [7, 11) is 0. The Morgan fingerprint density at radius 2 is 2.04 bits per heavy atom. The molecule has 1 unspecified atom stereocenters. The van der Waals surface area contributed by atoms with Crippen LogP contribution in [0.4, 0.5) is 0 Å². The zero-order chi connectivity index (χ0) is 17.5. The second-order valence-electron chi connectivity index (χ2n) is 7.25. The van der Waals surface area contributed by atoms with Crippen molar-refractivity contribution in [2.24, 2.45) is 17.8 Å². The third-order valence-corrected chi connectivity index (χ3v) is 6.11. The van der Waals surface area contributed by atoms with Gasteiger partial charge in [0.2, 0.25) is 0 Å². The third kappa shape index (κ3) is 5.41. The van der Waals surface area contributed by atoms with Gasteiger partial charge in [-0.1, -0.05) is 51.5 Å². The summed E-state index contributed by atoms with van der Waals surface area (Å²) in [5, 5.41) is -0.213. The maximum atomic E-state index is 12.8. The molecule has 3 heteroatoms. The molecule has 1 aliphatic carbocycles. The van der Waals surface area contributed by atoms with Crippen molar-refractivity contribution in [3.8, 4) is 0 Å². The second kappa shape index (κ2) is 9.31. The molecule has 4 atom stereocenters. The molecule has 1 saturated carbocycles. The van der Waals surface area contributed by atoms with Gasteiger partial charge >= 0.3 is 5.97 Å². The number of rotatable bonds is 7. The van der Waals surface area contributed by atoms with Crippen molar-refractivity contribution in [3.63, 3.8) is 0 Å². The molecule has 0 aromatic heterocycles. The molecule has 1 aromatic carbocycles. The molecule has 132 valence electrons. The second-order valence-corrected chi connectivity index (χ2v) is 8.52. The fraction of sp³-hybridized carbons (Fsp3) is 0.571.